The molecule has 1 aliphatic heterocycles. The second kappa shape index (κ2) is 4.85. The van der Waals surface area contributed by atoms with Crippen LogP contribution in [0.4, 0.5) is 13.2 Å². The third-order valence-electron chi connectivity index (χ3n) is 2.61. The number of benzene rings is 1. The van der Waals surface area contributed by atoms with Crippen LogP contribution in [0.1, 0.15) is 32.3 Å². The highest BCUT2D eigenvalue weighted by Gasteiger charge is 2.45. The largest absolute Gasteiger partial charge is 0.505 e. The van der Waals surface area contributed by atoms with Crippen LogP contribution in [0.15, 0.2) is 12.1 Å². The maximum absolute atomic E-state index is 13.2. The summed E-state index contributed by atoms with van der Waals surface area (Å²) in [6.45, 7) is 4.49. The second-order valence-corrected chi connectivity index (χ2v) is 3.58. The zero-order valence-corrected chi connectivity index (χ0v) is 9.93. The molecule has 0 aliphatic carbocycles. The molecule has 96 valence electrons. The Morgan fingerprint density at radius 2 is 1.94 bits per heavy atom. The molecule has 1 atom stereocenters. The van der Waals surface area contributed by atoms with Crippen molar-refractivity contribution >= 4 is 0 Å². The van der Waals surface area contributed by atoms with Gasteiger partial charge in [0.2, 0.25) is 0 Å². The predicted molar refractivity (Wildman–Crippen MR) is 58.3 cm³/mol. The minimum Gasteiger partial charge on any atom is -0.505 e. The second-order valence-electron chi connectivity index (χ2n) is 3.58. The average molecular weight is 248 g/mol. The topological polar surface area (TPSA) is 29.5 Å². The number of aromatic hydroxyl groups is 1. The Labute approximate surface area is 98.0 Å². The summed E-state index contributed by atoms with van der Waals surface area (Å²) < 4.78 is 44.2. The van der Waals surface area contributed by atoms with Crippen LogP contribution in [0.3, 0.4) is 0 Å². The number of phenols is 1. The fourth-order valence-corrected chi connectivity index (χ4v) is 1.62. The number of fused-ring (bicyclic) bond motifs is 1. The fourth-order valence-electron chi connectivity index (χ4n) is 1.62. The molecule has 2 nitrogen and oxygen atoms in total. The van der Waals surface area contributed by atoms with Crippen molar-refractivity contribution in [1.82, 2.24) is 0 Å². The lowest BCUT2D eigenvalue weighted by Crippen LogP contribution is -2.36. The average Bonchev–Trinajstić information content (AvgIpc) is 2.31. The molecular formula is C12H15F3O2. The number of hydrogen-bond acceptors (Lipinski definition) is 2. The molecule has 1 unspecified atom stereocenters. The summed E-state index contributed by atoms with van der Waals surface area (Å²) in [6.07, 6.45) is 0. The van der Waals surface area contributed by atoms with Crippen LogP contribution in [-0.2, 0) is 0 Å². The van der Waals surface area contributed by atoms with Crippen LogP contribution in [-0.4, -0.2) is 17.6 Å². The molecule has 1 N–H and O–H groups in total. The van der Waals surface area contributed by atoms with Gasteiger partial charge in [0.15, 0.2) is 18.2 Å². The van der Waals surface area contributed by atoms with E-state index in [9.17, 15) is 18.3 Å². The molecule has 0 bridgehead atoms. The molecule has 1 aromatic rings. The summed E-state index contributed by atoms with van der Waals surface area (Å²) in [5.74, 6) is -5.89. The van der Waals surface area contributed by atoms with Gasteiger partial charge in [0, 0.05) is 5.56 Å². The molecule has 1 heterocycles. The Hall–Kier alpha value is -1.39. The minimum absolute atomic E-state index is 0.118. The van der Waals surface area contributed by atoms with Crippen molar-refractivity contribution in [3.63, 3.8) is 0 Å². The summed E-state index contributed by atoms with van der Waals surface area (Å²) >= 11 is 0. The first-order chi connectivity index (χ1) is 7.93. The van der Waals surface area contributed by atoms with Gasteiger partial charge in [-0.3, -0.25) is 0 Å². The molecule has 5 heteroatoms. The predicted octanol–water partition coefficient (Wildman–Crippen LogP) is 3.69. The van der Waals surface area contributed by atoms with Gasteiger partial charge in [-0.05, 0) is 12.1 Å². The lowest BCUT2D eigenvalue weighted by Gasteiger charge is -2.31. The van der Waals surface area contributed by atoms with Crippen molar-refractivity contribution in [2.45, 2.75) is 32.6 Å². The maximum atomic E-state index is 13.2. The van der Waals surface area contributed by atoms with Crippen molar-refractivity contribution in [2.75, 3.05) is 6.61 Å². The Balaban J connectivity index is 0.000000686. The number of phenolic OH excluding ortho intramolecular Hbond substituents is 1. The first kappa shape index (κ1) is 13.7. The Bertz CT molecular complexity index is 405. The lowest BCUT2D eigenvalue weighted by molar-refractivity contribution is -0.0730. The number of ether oxygens (including phenoxy) is 1. The Morgan fingerprint density at radius 3 is 2.53 bits per heavy atom. The number of hydrogen-bond donors (Lipinski definition) is 1. The Kier molecular flexibility index (Phi) is 3.91. The molecule has 0 aromatic heterocycles. The molecule has 0 fully saturated rings. The van der Waals surface area contributed by atoms with Gasteiger partial charge in [0.25, 0.3) is 5.92 Å². The standard InChI is InChI=1S/C10H9F3O2.C2H6/c1-5-8-7(15-4-10(5,12)13)3-2-6(11)9(8)14;1-2/h2-3,5,14H,4H2,1H3;1-2H3. The van der Waals surface area contributed by atoms with Crippen LogP contribution in [0, 0.1) is 5.82 Å². The van der Waals surface area contributed by atoms with Crippen molar-refractivity contribution in [1.29, 1.82) is 0 Å². The third-order valence-corrected chi connectivity index (χ3v) is 2.61. The molecule has 0 spiro atoms. The van der Waals surface area contributed by atoms with E-state index in [4.69, 9.17) is 4.74 Å². The van der Waals surface area contributed by atoms with E-state index in [-0.39, 0.29) is 11.3 Å². The van der Waals surface area contributed by atoms with E-state index in [1.807, 2.05) is 13.8 Å². The smallest absolute Gasteiger partial charge is 0.288 e. The summed E-state index contributed by atoms with van der Waals surface area (Å²) in [4.78, 5) is 0. The van der Waals surface area contributed by atoms with Crippen molar-refractivity contribution in [2.24, 2.45) is 0 Å². The number of alkyl halides is 2. The molecular weight excluding hydrogens is 233 g/mol. The minimum atomic E-state index is -3.09. The Morgan fingerprint density at radius 1 is 1.35 bits per heavy atom. The molecule has 0 radical (unpaired) electrons. The summed E-state index contributed by atoms with van der Waals surface area (Å²) in [5.41, 5.74) is -0.161. The summed E-state index contributed by atoms with van der Waals surface area (Å²) in [7, 11) is 0. The van der Waals surface area contributed by atoms with E-state index in [1.54, 1.807) is 0 Å². The highest BCUT2D eigenvalue weighted by molar-refractivity contribution is 5.49. The van der Waals surface area contributed by atoms with Crippen LogP contribution in [0.25, 0.3) is 0 Å². The molecule has 17 heavy (non-hydrogen) atoms. The van der Waals surface area contributed by atoms with Crippen LogP contribution >= 0.6 is 0 Å². The van der Waals surface area contributed by atoms with Crippen molar-refractivity contribution in [3.05, 3.63) is 23.5 Å². The van der Waals surface area contributed by atoms with Gasteiger partial charge in [0.05, 0.1) is 5.92 Å². The van der Waals surface area contributed by atoms with Gasteiger partial charge in [-0.15, -0.1) is 0 Å². The van der Waals surface area contributed by atoms with Gasteiger partial charge in [-0.2, -0.15) is 0 Å². The number of rotatable bonds is 0. The molecule has 0 saturated heterocycles. The van der Waals surface area contributed by atoms with E-state index in [0.717, 1.165) is 6.07 Å². The van der Waals surface area contributed by atoms with Crippen LogP contribution < -0.4 is 4.74 Å². The van der Waals surface area contributed by atoms with Crippen molar-refractivity contribution < 1.29 is 23.0 Å². The highest BCUT2D eigenvalue weighted by Crippen LogP contribution is 2.46. The van der Waals surface area contributed by atoms with Gasteiger partial charge in [-0.25, -0.2) is 13.2 Å². The SMILES string of the molecule is CC.CC1c2c(ccc(F)c2O)OCC1(F)F. The van der Waals surface area contributed by atoms with Crippen LogP contribution in [0.2, 0.25) is 0 Å². The van der Waals surface area contributed by atoms with E-state index in [0.29, 0.717) is 0 Å². The lowest BCUT2D eigenvalue weighted by atomic mass is 9.91. The van der Waals surface area contributed by atoms with Gasteiger partial charge >= 0.3 is 0 Å². The van der Waals surface area contributed by atoms with Gasteiger partial charge in [0.1, 0.15) is 5.75 Å². The van der Waals surface area contributed by atoms with E-state index in [2.05, 4.69) is 0 Å². The normalized spacial score (nSPS) is 20.7. The van der Waals surface area contributed by atoms with E-state index < -0.39 is 30.0 Å². The van der Waals surface area contributed by atoms with Gasteiger partial charge in [-0.1, -0.05) is 20.8 Å². The maximum Gasteiger partial charge on any atom is 0.288 e. The zero-order valence-electron chi connectivity index (χ0n) is 9.93. The van der Waals surface area contributed by atoms with Crippen molar-refractivity contribution in [3.8, 4) is 11.5 Å². The van der Waals surface area contributed by atoms with E-state index in [1.165, 1.54) is 13.0 Å². The quantitative estimate of drug-likeness (QED) is 0.758. The molecule has 1 aromatic carbocycles. The summed E-state index contributed by atoms with van der Waals surface area (Å²) in [6, 6.07) is 2.24. The first-order valence-corrected chi connectivity index (χ1v) is 5.45. The number of halogens is 3. The third kappa shape index (κ3) is 2.33. The summed E-state index contributed by atoms with van der Waals surface area (Å²) in [5, 5.41) is 9.36. The monoisotopic (exact) mass is 248 g/mol. The van der Waals surface area contributed by atoms with Crippen LogP contribution in [0.5, 0.6) is 11.5 Å². The first-order valence-electron chi connectivity index (χ1n) is 5.45. The zero-order chi connectivity index (χ0) is 13.2. The van der Waals surface area contributed by atoms with E-state index >= 15 is 0 Å². The molecule has 1 aliphatic rings. The molecule has 0 amide bonds. The van der Waals surface area contributed by atoms with Gasteiger partial charge < -0.3 is 9.84 Å². The fraction of sp³-hybridized carbons (Fsp3) is 0.500. The molecule has 2 rings (SSSR count). The molecule has 0 saturated carbocycles. The highest BCUT2D eigenvalue weighted by atomic mass is 19.3.